The van der Waals surface area contributed by atoms with Crippen molar-refractivity contribution in [1.82, 2.24) is 34.9 Å². The van der Waals surface area contributed by atoms with Crippen molar-refractivity contribution in [3.8, 4) is 17.1 Å². The predicted octanol–water partition coefficient (Wildman–Crippen LogP) is 4.07. The Labute approximate surface area is 178 Å². The summed E-state index contributed by atoms with van der Waals surface area (Å²) in [4.78, 5) is 17.6. The zero-order valence-corrected chi connectivity index (χ0v) is 17.0. The van der Waals surface area contributed by atoms with Gasteiger partial charge in [-0.2, -0.15) is 10.1 Å². The number of para-hydroxylation sites is 1. The Balaban J connectivity index is 1.49. The summed E-state index contributed by atoms with van der Waals surface area (Å²) >= 11 is 0. The van der Waals surface area contributed by atoms with E-state index in [1.54, 1.807) is 23.3 Å². The number of aromatic nitrogens is 7. The number of nitrogens with zero attached hydrogens (tertiary/aromatic N) is 7. The molecule has 4 aromatic heterocycles. The first-order valence-corrected chi connectivity index (χ1v) is 9.95. The van der Waals surface area contributed by atoms with E-state index >= 15 is 0 Å². The molecule has 9 heteroatoms. The van der Waals surface area contributed by atoms with Crippen LogP contribution in [0.5, 0.6) is 0 Å². The highest BCUT2D eigenvalue weighted by molar-refractivity contribution is 5.87. The normalized spacial score (nSPS) is 12.4. The Hall–Kier alpha value is -4.14. The van der Waals surface area contributed by atoms with Crippen LogP contribution in [-0.2, 0) is 0 Å². The zero-order valence-electron chi connectivity index (χ0n) is 17.0. The topological polar surface area (TPSA) is 107 Å². The molecule has 0 aliphatic rings. The van der Waals surface area contributed by atoms with Crippen LogP contribution in [0.1, 0.15) is 25.8 Å². The van der Waals surface area contributed by atoms with Gasteiger partial charge in [0, 0.05) is 18.0 Å². The molecule has 0 radical (unpaired) electrons. The van der Waals surface area contributed by atoms with Gasteiger partial charge in [0.25, 0.3) is 0 Å². The highest BCUT2D eigenvalue weighted by Crippen LogP contribution is 2.29. The molecule has 0 saturated carbocycles. The van der Waals surface area contributed by atoms with Crippen LogP contribution in [-0.4, -0.2) is 34.9 Å². The second kappa shape index (κ2) is 7.94. The molecule has 0 spiro atoms. The summed E-state index contributed by atoms with van der Waals surface area (Å²) in [5.74, 6) is 1.81. The summed E-state index contributed by atoms with van der Waals surface area (Å²) in [6, 6.07) is 13.4. The minimum absolute atomic E-state index is 0.163. The van der Waals surface area contributed by atoms with Crippen molar-refractivity contribution >= 4 is 16.9 Å². The van der Waals surface area contributed by atoms with Crippen molar-refractivity contribution in [2.45, 2.75) is 19.9 Å². The lowest BCUT2D eigenvalue weighted by molar-refractivity contribution is 0.336. The van der Waals surface area contributed by atoms with Crippen LogP contribution in [0, 0.1) is 5.92 Å². The average molecular weight is 412 g/mol. The number of rotatable bonds is 6. The van der Waals surface area contributed by atoms with Crippen molar-refractivity contribution in [2.24, 2.45) is 5.92 Å². The Morgan fingerprint density at radius 3 is 2.65 bits per heavy atom. The summed E-state index contributed by atoms with van der Waals surface area (Å²) in [6.07, 6.45) is 6.70. The van der Waals surface area contributed by atoms with Crippen molar-refractivity contribution in [3.05, 3.63) is 73.3 Å². The Morgan fingerprint density at radius 2 is 1.87 bits per heavy atom. The fourth-order valence-electron chi connectivity index (χ4n) is 3.35. The van der Waals surface area contributed by atoms with E-state index in [0.29, 0.717) is 23.2 Å². The van der Waals surface area contributed by atoms with Crippen LogP contribution in [0.3, 0.4) is 0 Å². The lowest BCUT2D eigenvalue weighted by Gasteiger charge is -2.19. The van der Waals surface area contributed by atoms with Gasteiger partial charge in [-0.25, -0.2) is 14.6 Å². The minimum Gasteiger partial charge on any atom is -0.357 e. The van der Waals surface area contributed by atoms with Crippen LogP contribution in [0.25, 0.3) is 28.1 Å². The monoisotopic (exact) mass is 412 g/mol. The highest BCUT2D eigenvalue weighted by Gasteiger charge is 2.25. The number of benzene rings is 1. The average Bonchev–Trinajstić information content (AvgIpc) is 3.46. The van der Waals surface area contributed by atoms with Crippen LogP contribution < -0.4 is 5.32 Å². The van der Waals surface area contributed by atoms with E-state index in [-0.39, 0.29) is 12.0 Å². The third kappa shape index (κ3) is 3.61. The number of anilines is 1. The van der Waals surface area contributed by atoms with E-state index in [4.69, 9.17) is 4.52 Å². The summed E-state index contributed by atoms with van der Waals surface area (Å²) in [5, 5.41) is 12.9. The maximum atomic E-state index is 5.59. The molecule has 9 nitrogen and oxygen atoms in total. The van der Waals surface area contributed by atoms with Crippen molar-refractivity contribution in [1.29, 1.82) is 0 Å². The molecule has 154 valence electrons. The van der Waals surface area contributed by atoms with Gasteiger partial charge >= 0.3 is 0 Å². The van der Waals surface area contributed by atoms with Crippen LogP contribution in [0.4, 0.5) is 5.82 Å². The largest absolute Gasteiger partial charge is 0.357 e. The van der Waals surface area contributed by atoms with E-state index in [1.807, 2.05) is 42.5 Å². The van der Waals surface area contributed by atoms with E-state index < -0.39 is 0 Å². The molecule has 0 fully saturated rings. The standard InChI is InChI=1S/C22H20N8O/c1-14(2)18(22-28-19(29-31-22)15-7-6-10-23-11-15)27-20-17-12-26-30(21(17)25-13-24-20)16-8-4-3-5-9-16/h3-14,18H,1-2H3,(H,24,25,27). The molecular formula is C22H20N8O. The van der Waals surface area contributed by atoms with Crippen molar-refractivity contribution < 1.29 is 4.52 Å². The van der Waals surface area contributed by atoms with Crippen molar-refractivity contribution in [2.75, 3.05) is 5.32 Å². The van der Waals surface area contributed by atoms with Crippen molar-refractivity contribution in [3.63, 3.8) is 0 Å². The second-order valence-corrected chi connectivity index (χ2v) is 7.42. The molecule has 0 amide bonds. The number of nitrogens with one attached hydrogen (secondary N) is 1. The molecule has 1 aromatic carbocycles. The van der Waals surface area contributed by atoms with Gasteiger partial charge in [0.15, 0.2) is 5.65 Å². The second-order valence-electron chi connectivity index (χ2n) is 7.42. The first-order valence-electron chi connectivity index (χ1n) is 9.95. The van der Waals surface area contributed by atoms with E-state index in [2.05, 4.69) is 49.4 Å². The highest BCUT2D eigenvalue weighted by atomic mass is 16.5. The van der Waals surface area contributed by atoms with Gasteiger partial charge in [-0.15, -0.1) is 0 Å². The van der Waals surface area contributed by atoms with Gasteiger partial charge in [-0.05, 0) is 30.2 Å². The van der Waals surface area contributed by atoms with Gasteiger partial charge in [0.2, 0.25) is 11.7 Å². The van der Waals surface area contributed by atoms with Gasteiger partial charge in [-0.3, -0.25) is 4.98 Å². The van der Waals surface area contributed by atoms with E-state index in [1.165, 1.54) is 6.33 Å². The summed E-state index contributed by atoms with van der Waals surface area (Å²) < 4.78 is 7.38. The minimum atomic E-state index is -0.240. The van der Waals surface area contributed by atoms with Crippen LogP contribution in [0.2, 0.25) is 0 Å². The smallest absolute Gasteiger partial charge is 0.249 e. The SMILES string of the molecule is CC(C)C(Nc1ncnc2c1cnn2-c1ccccc1)c1nc(-c2cccnc2)no1. The molecule has 1 N–H and O–H groups in total. The molecule has 5 rings (SSSR count). The maximum Gasteiger partial charge on any atom is 0.249 e. The zero-order chi connectivity index (χ0) is 21.2. The molecule has 0 saturated heterocycles. The number of hydrogen-bond donors (Lipinski definition) is 1. The van der Waals surface area contributed by atoms with Gasteiger partial charge in [0.05, 0.1) is 17.3 Å². The number of hydrogen-bond acceptors (Lipinski definition) is 8. The van der Waals surface area contributed by atoms with Gasteiger partial charge < -0.3 is 9.84 Å². The molecule has 1 unspecified atom stereocenters. The Bertz CT molecular complexity index is 1300. The summed E-state index contributed by atoms with van der Waals surface area (Å²) in [7, 11) is 0. The molecule has 4 heterocycles. The maximum absolute atomic E-state index is 5.59. The fraction of sp³-hybridized carbons (Fsp3) is 0.182. The number of pyridine rings is 1. The first-order chi connectivity index (χ1) is 15.2. The summed E-state index contributed by atoms with van der Waals surface area (Å²) in [6.45, 7) is 4.16. The third-order valence-corrected chi connectivity index (χ3v) is 4.95. The lowest BCUT2D eigenvalue weighted by Crippen LogP contribution is -2.18. The molecule has 5 aromatic rings. The lowest BCUT2D eigenvalue weighted by atomic mass is 10.0. The van der Waals surface area contributed by atoms with E-state index in [0.717, 1.165) is 16.6 Å². The molecule has 0 aliphatic carbocycles. The van der Waals surface area contributed by atoms with Gasteiger partial charge in [-0.1, -0.05) is 37.2 Å². The van der Waals surface area contributed by atoms with E-state index in [9.17, 15) is 0 Å². The molecule has 0 aliphatic heterocycles. The van der Waals surface area contributed by atoms with Crippen LogP contribution >= 0.6 is 0 Å². The third-order valence-electron chi connectivity index (χ3n) is 4.95. The summed E-state index contributed by atoms with van der Waals surface area (Å²) in [5.41, 5.74) is 2.45. The number of fused-ring (bicyclic) bond motifs is 1. The Morgan fingerprint density at radius 1 is 1.00 bits per heavy atom. The molecule has 31 heavy (non-hydrogen) atoms. The first kappa shape index (κ1) is 18.9. The quantitative estimate of drug-likeness (QED) is 0.445. The molecule has 1 atom stereocenters. The predicted molar refractivity (Wildman–Crippen MR) is 115 cm³/mol. The van der Waals surface area contributed by atoms with Gasteiger partial charge in [0.1, 0.15) is 18.2 Å². The Kier molecular flexibility index (Phi) is 4.83. The van der Waals surface area contributed by atoms with Crippen LogP contribution in [0.15, 0.2) is 71.9 Å². The fourth-order valence-corrected chi connectivity index (χ4v) is 3.35. The molecular weight excluding hydrogens is 392 g/mol. The molecule has 0 bridgehead atoms.